The Labute approximate surface area is 116 Å². The first-order valence-electron chi connectivity index (χ1n) is 7.30. The minimum Gasteiger partial charge on any atom is -0.487 e. The van der Waals surface area contributed by atoms with Crippen LogP contribution in [0.1, 0.15) is 45.1 Å². The lowest BCUT2D eigenvalue weighted by atomic mass is 9.86. The van der Waals surface area contributed by atoms with Crippen molar-refractivity contribution in [2.45, 2.75) is 57.8 Å². The first-order valence-corrected chi connectivity index (χ1v) is 7.30. The van der Waals surface area contributed by atoms with Gasteiger partial charge < -0.3 is 15.2 Å². The molecule has 0 radical (unpaired) electrons. The van der Waals surface area contributed by atoms with Gasteiger partial charge in [-0.15, -0.1) is 0 Å². The van der Waals surface area contributed by atoms with E-state index in [0.29, 0.717) is 12.5 Å². The highest BCUT2D eigenvalue weighted by Crippen LogP contribution is 2.33. The van der Waals surface area contributed by atoms with Gasteiger partial charge in [-0.1, -0.05) is 32.0 Å². The van der Waals surface area contributed by atoms with E-state index in [1.807, 2.05) is 19.1 Å². The number of benzene rings is 1. The van der Waals surface area contributed by atoms with Crippen molar-refractivity contribution in [1.82, 2.24) is 0 Å². The van der Waals surface area contributed by atoms with Crippen LogP contribution in [0.15, 0.2) is 24.3 Å². The van der Waals surface area contributed by atoms with Crippen molar-refractivity contribution >= 4 is 0 Å². The normalized spacial score (nSPS) is 27.7. The number of hydrogen-bond acceptors (Lipinski definition) is 3. The summed E-state index contributed by atoms with van der Waals surface area (Å²) in [5, 5.41) is 0. The van der Waals surface area contributed by atoms with Gasteiger partial charge in [0.2, 0.25) is 0 Å². The molecule has 0 aliphatic heterocycles. The van der Waals surface area contributed by atoms with Gasteiger partial charge in [0.25, 0.3) is 0 Å². The van der Waals surface area contributed by atoms with Crippen molar-refractivity contribution < 1.29 is 9.47 Å². The van der Waals surface area contributed by atoms with Gasteiger partial charge in [0.15, 0.2) is 0 Å². The van der Waals surface area contributed by atoms with Crippen LogP contribution < -0.4 is 10.5 Å². The van der Waals surface area contributed by atoms with Gasteiger partial charge >= 0.3 is 0 Å². The zero-order chi connectivity index (χ0) is 13.8. The SMILES string of the molecule is CCOC1C(N)CC1Oc1ccccc1C(C)CC. The van der Waals surface area contributed by atoms with Crippen molar-refractivity contribution in [3.63, 3.8) is 0 Å². The number of para-hydroxylation sites is 1. The molecule has 3 heteroatoms. The number of rotatable bonds is 6. The summed E-state index contributed by atoms with van der Waals surface area (Å²) in [6.07, 6.45) is 2.12. The Balaban J connectivity index is 2.07. The van der Waals surface area contributed by atoms with Gasteiger partial charge in [0.05, 0.1) is 0 Å². The Kier molecular flexibility index (Phi) is 4.83. The molecule has 106 valence electrons. The Morgan fingerprint density at radius 2 is 2.05 bits per heavy atom. The standard InChI is InChI=1S/C16H25NO2/c1-4-11(3)12-8-6-7-9-14(12)19-15-10-13(17)16(15)18-5-2/h6-9,11,13,15-16H,4-5,10,17H2,1-3H3. The summed E-state index contributed by atoms with van der Waals surface area (Å²) in [4.78, 5) is 0. The van der Waals surface area contributed by atoms with Crippen LogP contribution in [0, 0.1) is 0 Å². The Morgan fingerprint density at radius 3 is 2.68 bits per heavy atom. The van der Waals surface area contributed by atoms with E-state index in [9.17, 15) is 0 Å². The highest BCUT2D eigenvalue weighted by atomic mass is 16.5. The van der Waals surface area contributed by atoms with E-state index < -0.39 is 0 Å². The molecule has 0 saturated heterocycles. The van der Waals surface area contributed by atoms with E-state index in [4.69, 9.17) is 15.2 Å². The van der Waals surface area contributed by atoms with Crippen molar-refractivity contribution in [2.24, 2.45) is 5.73 Å². The third-order valence-corrected chi connectivity index (χ3v) is 3.99. The van der Waals surface area contributed by atoms with Gasteiger partial charge in [-0.05, 0) is 30.9 Å². The molecule has 1 aromatic rings. The largest absolute Gasteiger partial charge is 0.487 e. The van der Waals surface area contributed by atoms with E-state index in [0.717, 1.165) is 18.6 Å². The van der Waals surface area contributed by atoms with Crippen LogP contribution in [0.25, 0.3) is 0 Å². The van der Waals surface area contributed by atoms with Crippen LogP contribution in [-0.4, -0.2) is 24.9 Å². The van der Waals surface area contributed by atoms with Gasteiger partial charge in [0, 0.05) is 19.1 Å². The molecule has 3 nitrogen and oxygen atoms in total. The van der Waals surface area contributed by atoms with E-state index in [2.05, 4.69) is 26.0 Å². The number of nitrogens with two attached hydrogens (primary N) is 1. The number of hydrogen-bond donors (Lipinski definition) is 1. The molecule has 1 aliphatic rings. The molecule has 19 heavy (non-hydrogen) atoms. The lowest BCUT2D eigenvalue weighted by molar-refractivity contribution is -0.0948. The summed E-state index contributed by atoms with van der Waals surface area (Å²) >= 11 is 0. The monoisotopic (exact) mass is 263 g/mol. The molecule has 2 rings (SSSR count). The molecule has 0 bridgehead atoms. The molecule has 0 amide bonds. The predicted octanol–water partition coefficient (Wildman–Crippen LogP) is 3.08. The number of ether oxygens (including phenoxy) is 2. The summed E-state index contributed by atoms with van der Waals surface area (Å²) in [6, 6.07) is 8.41. The minimum absolute atomic E-state index is 0.0370. The average molecular weight is 263 g/mol. The molecule has 0 heterocycles. The highest BCUT2D eigenvalue weighted by Gasteiger charge is 2.41. The molecule has 4 unspecified atom stereocenters. The zero-order valence-electron chi connectivity index (χ0n) is 12.1. The maximum absolute atomic E-state index is 6.14. The van der Waals surface area contributed by atoms with Crippen LogP contribution in [0.3, 0.4) is 0 Å². The summed E-state index contributed by atoms with van der Waals surface area (Å²) in [5.74, 6) is 1.49. The second-order valence-corrected chi connectivity index (χ2v) is 5.32. The summed E-state index contributed by atoms with van der Waals surface area (Å²) in [7, 11) is 0. The third-order valence-electron chi connectivity index (χ3n) is 3.99. The smallest absolute Gasteiger partial charge is 0.128 e. The van der Waals surface area contributed by atoms with Gasteiger partial charge in [-0.2, -0.15) is 0 Å². The highest BCUT2D eigenvalue weighted by molar-refractivity contribution is 5.36. The van der Waals surface area contributed by atoms with Crippen LogP contribution in [0.2, 0.25) is 0 Å². The Hall–Kier alpha value is -1.06. The first kappa shape index (κ1) is 14.4. The van der Waals surface area contributed by atoms with Crippen LogP contribution in [-0.2, 0) is 4.74 Å². The molecule has 1 aromatic carbocycles. The summed E-state index contributed by atoms with van der Waals surface area (Å²) in [6.45, 7) is 7.11. The van der Waals surface area contributed by atoms with Crippen molar-refractivity contribution in [3.8, 4) is 5.75 Å². The molecule has 0 spiro atoms. The maximum atomic E-state index is 6.14. The minimum atomic E-state index is 0.0370. The Morgan fingerprint density at radius 1 is 1.32 bits per heavy atom. The van der Waals surface area contributed by atoms with Crippen LogP contribution >= 0.6 is 0 Å². The molecular formula is C16H25NO2. The summed E-state index contributed by atoms with van der Waals surface area (Å²) < 4.78 is 11.8. The summed E-state index contributed by atoms with van der Waals surface area (Å²) in [5.41, 5.74) is 7.25. The van der Waals surface area contributed by atoms with E-state index in [1.165, 1.54) is 5.56 Å². The molecule has 2 N–H and O–H groups in total. The molecule has 1 fully saturated rings. The maximum Gasteiger partial charge on any atom is 0.128 e. The van der Waals surface area contributed by atoms with Gasteiger partial charge in [-0.3, -0.25) is 0 Å². The van der Waals surface area contributed by atoms with Crippen molar-refractivity contribution in [1.29, 1.82) is 0 Å². The fourth-order valence-corrected chi connectivity index (χ4v) is 2.53. The predicted molar refractivity (Wildman–Crippen MR) is 77.6 cm³/mol. The molecule has 1 aliphatic carbocycles. The molecule has 4 atom stereocenters. The topological polar surface area (TPSA) is 44.5 Å². The van der Waals surface area contributed by atoms with E-state index in [-0.39, 0.29) is 18.2 Å². The van der Waals surface area contributed by atoms with E-state index >= 15 is 0 Å². The van der Waals surface area contributed by atoms with Crippen molar-refractivity contribution in [2.75, 3.05) is 6.61 Å². The van der Waals surface area contributed by atoms with E-state index in [1.54, 1.807) is 0 Å². The fourth-order valence-electron chi connectivity index (χ4n) is 2.53. The zero-order valence-corrected chi connectivity index (χ0v) is 12.1. The quantitative estimate of drug-likeness (QED) is 0.857. The molecule has 1 saturated carbocycles. The second kappa shape index (κ2) is 6.40. The second-order valence-electron chi connectivity index (χ2n) is 5.32. The van der Waals surface area contributed by atoms with Gasteiger partial charge in [0.1, 0.15) is 18.0 Å². The van der Waals surface area contributed by atoms with Gasteiger partial charge in [-0.25, -0.2) is 0 Å². The third kappa shape index (κ3) is 3.10. The first-order chi connectivity index (χ1) is 9.17. The molecular weight excluding hydrogens is 238 g/mol. The van der Waals surface area contributed by atoms with Crippen LogP contribution in [0.5, 0.6) is 5.75 Å². The van der Waals surface area contributed by atoms with Crippen LogP contribution in [0.4, 0.5) is 0 Å². The lowest BCUT2D eigenvalue weighted by Gasteiger charge is -2.42. The molecule has 0 aromatic heterocycles. The fraction of sp³-hybridized carbons (Fsp3) is 0.625. The average Bonchev–Trinajstić information content (AvgIpc) is 2.44. The lowest BCUT2D eigenvalue weighted by Crippen LogP contribution is -2.59. The Bertz CT molecular complexity index is 407. The van der Waals surface area contributed by atoms with Crippen molar-refractivity contribution in [3.05, 3.63) is 29.8 Å².